The van der Waals surface area contributed by atoms with E-state index in [0.29, 0.717) is 18.0 Å². The van der Waals surface area contributed by atoms with Crippen LogP contribution in [0.2, 0.25) is 0 Å². The molecule has 1 amide bonds. The van der Waals surface area contributed by atoms with Crippen LogP contribution in [0.5, 0.6) is 5.75 Å². The molecule has 6 nitrogen and oxygen atoms in total. The number of rotatable bonds is 9. The second kappa shape index (κ2) is 10.3. The highest BCUT2D eigenvalue weighted by Gasteiger charge is 2.22. The maximum Gasteiger partial charge on any atom is 0.241 e. The van der Waals surface area contributed by atoms with Crippen LogP contribution in [-0.4, -0.2) is 27.1 Å². The number of hydrogen-bond acceptors (Lipinski definition) is 4. The van der Waals surface area contributed by atoms with Gasteiger partial charge in [-0.25, -0.2) is 8.42 Å². The van der Waals surface area contributed by atoms with Crippen LogP contribution in [0.3, 0.4) is 0 Å². The first-order chi connectivity index (χ1) is 16.3. The zero-order valence-electron chi connectivity index (χ0n) is 19.5. The van der Waals surface area contributed by atoms with Crippen molar-refractivity contribution in [3.63, 3.8) is 0 Å². The zero-order chi connectivity index (χ0) is 24.1. The Morgan fingerprint density at radius 1 is 1.00 bits per heavy atom. The Morgan fingerprint density at radius 2 is 1.71 bits per heavy atom. The Morgan fingerprint density at radius 3 is 2.41 bits per heavy atom. The monoisotopic (exact) mass is 478 g/mol. The summed E-state index contributed by atoms with van der Waals surface area (Å²) in [5.74, 6) is 0.263. The minimum absolute atomic E-state index is 0.214. The lowest BCUT2D eigenvalue weighted by Crippen LogP contribution is -2.41. The number of sulfonamides is 1. The summed E-state index contributed by atoms with van der Waals surface area (Å²) in [7, 11) is -3.66. The van der Waals surface area contributed by atoms with Gasteiger partial charge >= 0.3 is 0 Å². The molecule has 3 aromatic carbocycles. The van der Waals surface area contributed by atoms with Gasteiger partial charge in [0.2, 0.25) is 15.9 Å². The molecule has 0 heterocycles. The van der Waals surface area contributed by atoms with Crippen molar-refractivity contribution >= 4 is 21.6 Å². The van der Waals surface area contributed by atoms with Gasteiger partial charge in [0.15, 0.2) is 0 Å². The van der Waals surface area contributed by atoms with Crippen LogP contribution < -0.4 is 14.4 Å². The first-order valence-electron chi connectivity index (χ1n) is 11.4. The van der Waals surface area contributed by atoms with Crippen LogP contribution in [0, 0.1) is 0 Å². The van der Waals surface area contributed by atoms with Gasteiger partial charge in [0.25, 0.3) is 0 Å². The molecule has 1 N–H and O–H groups in total. The summed E-state index contributed by atoms with van der Waals surface area (Å²) in [4.78, 5) is 12.8. The maximum atomic E-state index is 12.8. The van der Waals surface area contributed by atoms with Crippen LogP contribution in [0.15, 0.2) is 72.8 Å². The van der Waals surface area contributed by atoms with E-state index in [4.69, 9.17) is 4.74 Å². The number of hydrogen-bond donors (Lipinski definition) is 1. The average molecular weight is 479 g/mol. The minimum atomic E-state index is -3.66. The van der Waals surface area contributed by atoms with E-state index in [9.17, 15) is 13.2 Å². The molecular formula is C27H30N2O4S. The summed E-state index contributed by atoms with van der Waals surface area (Å²) in [6.07, 6.45) is 4.44. The highest BCUT2D eigenvalue weighted by Crippen LogP contribution is 2.26. The molecule has 34 heavy (non-hydrogen) atoms. The lowest BCUT2D eigenvalue weighted by molar-refractivity contribution is -0.120. The van der Waals surface area contributed by atoms with Gasteiger partial charge < -0.3 is 10.1 Å². The third-order valence-corrected chi connectivity index (χ3v) is 7.20. The third kappa shape index (κ3) is 5.97. The first-order valence-corrected chi connectivity index (χ1v) is 13.3. The number of aryl methyl sites for hydroxylation is 2. The van der Waals surface area contributed by atoms with Gasteiger partial charge in [0, 0.05) is 0 Å². The molecule has 3 aromatic rings. The summed E-state index contributed by atoms with van der Waals surface area (Å²) in [6, 6.07) is 22.6. The molecule has 0 aromatic heterocycles. The Hall–Kier alpha value is -3.32. The predicted octanol–water partition coefficient (Wildman–Crippen LogP) is 4.40. The van der Waals surface area contributed by atoms with Crippen LogP contribution >= 0.6 is 0 Å². The van der Waals surface area contributed by atoms with Crippen molar-refractivity contribution in [1.82, 2.24) is 5.32 Å². The summed E-state index contributed by atoms with van der Waals surface area (Å²) < 4.78 is 31.8. The summed E-state index contributed by atoms with van der Waals surface area (Å²) in [6.45, 7) is 2.04. The van der Waals surface area contributed by atoms with Gasteiger partial charge in [0.05, 0.1) is 18.0 Å². The number of amides is 1. The molecule has 0 bridgehead atoms. The van der Waals surface area contributed by atoms with Crippen molar-refractivity contribution in [2.45, 2.75) is 38.8 Å². The molecule has 0 saturated heterocycles. The molecule has 1 aliphatic rings. The molecular weight excluding hydrogens is 448 g/mol. The fraction of sp³-hybridized carbons (Fsp3) is 0.296. The largest absolute Gasteiger partial charge is 0.489 e. The Bertz CT molecular complexity index is 1240. The van der Waals surface area contributed by atoms with E-state index in [1.165, 1.54) is 17.5 Å². The standard InChI is InChI=1S/C27H30N2O4S/c1-20(23-12-11-22-9-6-10-24(22)17-23)28-27(30)18-29(34(2,31)32)25-13-15-26(16-14-25)33-19-21-7-4-3-5-8-21/h3-5,7-8,11-17,20H,6,9-10,18-19H2,1-2H3,(H,28,30)/t20-/m1/s1. The number of fused-ring (bicyclic) bond motifs is 1. The van der Waals surface area contributed by atoms with Crippen LogP contribution in [0.25, 0.3) is 0 Å². The van der Waals surface area contributed by atoms with E-state index in [1.54, 1.807) is 24.3 Å². The second-order valence-corrected chi connectivity index (χ2v) is 10.6. The quantitative estimate of drug-likeness (QED) is 0.495. The number of carbonyl (C=O) groups excluding carboxylic acids is 1. The molecule has 0 spiro atoms. The fourth-order valence-corrected chi connectivity index (χ4v) is 5.07. The third-order valence-electron chi connectivity index (χ3n) is 6.06. The number of carbonyl (C=O) groups is 1. The number of nitrogens with zero attached hydrogens (tertiary/aromatic N) is 1. The Balaban J connectivity index is 1.40. The van der Waals surface area contributed by atoms with E-state index in [1.807, 2.05) is 43.3 Å². The van der Waals surface area contributed by atoms with Gasteiger partial charge in [-0.1, -0.05) is 48.5 Å². The molecule has 178 valence electrons. The molecule has 0 unspecified atom stereocenters. The average Bonchev–Trinajstić information content (AvgIpc) is 3.29. The molecule has 0 fully saturated rings. The molecule has 0 radical (unpaired) electrons. The number of benzene rings is 3. The van der Waals surface area contributed by atoms with Crippen molar-refractivity contribution in [3.05, 3.63) is 95.1 Å². The summed E-state index contributed by atoms with van der Waals surface area (Å²) in [5.41, 5.74) is 5.20. The van der Waals surface area contributed by atoms with Crippen LogP contribution in [-0.2, 0) is 34.3 Å². The zero-order valence-corrected chi connectivity index (χ0v) is 20.3. The van der Waals surface area contributed by atoms with Gasteiger partial charge in [-0.2, -0.15) is 0 Å². The van der Waals surface area contributed by atoms with Gasteiger partial charge in [-0.3, -0.25) is 9.10 Å². The molecule has 0 aliphatic heterocycles. The van der Waals surface area contributed by atoms with Crippen LogP contribution in [0.1, 0.15) is 41.6 Å². The normalized spacial score (nSPS) is 13.7. The number of ether oxygens (including phenoxy) is 1. The van der Waals surface area contributed by atoms with Crippen LogP contribution in [0.4, 0.5) is 5.69 Å². The topological polar surface area (TPSA) is 75.7 Å². The molecule has 1 atom stereocenters. The van der Waals surface area contributed by atoms with Gasteiger partial charge in [-0.05, 0) is 72.7 Å². The molecule has 1 aliphatic carbocycles. The predicted molar refractivity (Wildman–Crippen MR) is 134 cm³/mol. The first kappa shape index (κ1) is 23.8. The second-order valence-electron chi connectivity index (χ2n) is 8.71. The summed E-state index contributed by atoms with van der Waals surface area (Å²) >= 11 is 0. The van der Waals surface area contributed by atoms with Gasteiger partial charge in [-0.15, -0.1) is 0 Å². The van der Waals surface area contributed by atoms with Crippen molar-refractivity contribution in [2.24, 2.45) is 0 Å². The van der Waals surface area contributed by atoms with E-state index >= 15 is 0 Å². The Kier molecular flexibility index (Phi) is 7.22. The van der Waals surface area contributed by atoms with E-state index in [-0.39, 0.29) is 18.5 Å². The maximum absolute atomic E-state index is 12.8. The highest BCUT2D eigenvalue weighted by atomic mass is 32.2. The number of anilines is 1. The SMILES string of the molecule is C[C@@H](NC(=O)CN(c1ccc(OCc2ccccc2)cc1)S(C)(=O)=O)c1ccc2c(c1)CCC2. The van der Waals surface area contributed by atoms with Gasteiger partial charge in [0.1, 0.15) is 18.9 Å². The van der Waals surface area contributed by atoms with E-state index in [2.05, 4.69) is 17.4 Å². The van der Waals surface area contributed by atoms with Crippen molar-refractivity contribution < 1.29 is 17.9 Å². The van der Waals surface area contributed by atoms with E-state index < -0.39 is 10.0 Å². The Labute approximate surface area is 201 Å². The van der Waals surface area contributed by atoms with Crippen molar-refractivity contribution in [2.75, 3.05) is 17.1 Å². The lowest BCUT2D eigenvalue weighted by atomic mass is 10.0. The molecule has 0 saturated carbocycles. The summed E-state index contributed by atoms with van der Waals surface area (Å²) in [5, 5.41) is 2.94. The van der Waals surface area contributed by atoms with E-state index in [0.717, 1.165) is 34.5 Å². The minimum Gasteiger partial charge on any atom is -0.489 e. The fourth-order valence-electron chi connectivity index (χ4n) is 4.21. The van der Waals surface area contributed by atoms with Crippen molar-refractivity contribution in [3.8, 4) is 5.75 Å². The molecule has 4 rings (SSSR count). The number of nitrogens with one attached hydrogen (secondary N) is 1. The highest BCUT2D eigenvalue weighted by molar-refractivity contribution is 7.92. The lowest BCUT2D eigenvalue weighted by Gasteiger charge is -2.23. The van der Waals surface area contributed by atoms with Crippen molar-refractivity contribution in [1.29, 1.82) is 0 Å². The molecule has 7 heteroatoms. The smallest absolute Gasteiger partial charge is 0.241 e.